The molecule has 1 aliphatic rings. The molecule has 134 valence electrons. The van der Waals surface area contributed by atoms with Gasteiger partial charge in [0.05, 0.1) is 10.2 Å². The number of allylic oxidation sites excluding steroid dienone is 2. The maximum atomic E-state index is 12.8. The Morgan fingerprint density at radius 2 is 2.12 bits per heavy atom. The molecule has 4 nitrogen and oxygen atoms in total. The molecule has 1 aromatic heterocycles. The van der Waals surface area contributed by atoms with E-state index in [4.69, 9.17) is 4.74 Å². The van der Waals surface area contributed by atoms with E-state index < -0.39 is 0 Å². The van der Waals surface area contributed by atoms with Crippen LogP contribution in [0.15, 0.2) is 36.0 Å². The summed E-state index contributed by atoms with van der Waals surface area (Å²) in [7, 11) is 0. The predicted molar refractivity (Wildman–Crippen MR) is 103 cm³/mol. The number of benzene rings is 1. The maximum absolute atomic E-state index is 12.8. The van der Waals surface area contributed by atoms with Crippen molar-refractivity contribution in [3.63, 3.8) is 0 Å². The molecule has 1 unspecified atom stereocenters. The molecule has 0 radical (unpaired) electrons. The Hall–Kier alpha value is -1.88. The van der Waals surface area contributed by atoms with E-state index in [1.807, 2.05) is 43.0 Å². The number of carbonyl (C=O) groups is 1. The number of hydrogen-bond acceptors (Lipinski definition) is 4. The SMILES string of the molecule is CC(C)N(C(=O)COc1nc2ccccc2s1)C1=CC(C)C(C)(C)C1. The molecule has 5 heteroatoms. The Labute approximate surface area is 153 Å². The lowest BCUT2D eigenvalue weighted by atomic mass is 9.82. The van der Waals surface area contributed by atoms with Crippen LogP contribution in [0.5, 0.6) is 5.19 Å². The van der Waals surface area contributed by atoms with E-state index in [0.29, 0.717) is 11.1 Å². The maximum Gasteiger partial charge on any atom is 0.274 e. The molecule has 0 spiro atoms. The molecule has 3 rings (SSSR count). The summed E-state index contributed by atoms with van der Waals surface area (Å²) in [5.41, 5.74) is 2.21. The van der Waals surface area contributed by atoms with Crippen molar-refractivity contribution in [2.75, 3.05) is 6.61 Å². The lowest BCUT2D eigenvalue weighted by molar-refractivity contribution is -0.133. The van der Waals surface area contributed by atoms with Crippen LogP contribution < -0.4 is 4.74 Å². The van der Waals surface area contributed by atoms with Crippen molar-refractivity contribution in [3.8, 4) is 5.19 Å². The first-order chi connectivity index (χ1) is 11.8. The second kappa shape index (κ2) is 6.79. The highest BCUT2D eigenvalue weighted by molar-refractivity contribution is 7.20. The fourth-order valence-electron chi connectivity index (χ4n) is 3.25. The van der Waals surface area contributed by atoms with Crippen molar-refractivity contribution in [1.29, 1.82) is 0 Å². The molecule has 0 bridgehead atoms. The van der Waals surface area contributed by atoms with Gasteiger partial charge in [0.15, 0.2) is 6.61 Å². The average Bonchev–Trinajstić information content (AvgIpc) is 3.05. The van der Waals surface area contributed by atoms with Gasteiger partial charge >= 0.3 is 0 Å². The van der Waals surface area contributed by atoms with Gasteiger partial charge < -0.3 is 9.64 Å². The highest BCUT2D eigenvalue weighted by atomic mass is 32.1. The number of aromatic nitrogens is 1. The van der Waals surface area contributed by atoms with Crippen molar-refractivity contribution < 1.29 is 9.53 Å². The molecular formula is C20H26N2O2S. The minimum atomic E-state index is -0.00888. The van der Waals surface area contributed by atoms with E-state index in [1.165, 1.54) is 11.3 Å². The Morgan fingerprint density at radius 1 is 1.40 bits per heavy atom. The zero-order valence-electron chi connectivity index (χ0n) is 15.6. The second-order valence-corrected chi connectivity index (χ2v) is 8.70. The van der Waals surface area contributed by atoms with Crippen LogP contribution in [-0.4, -0.2) is 28.4 Å². The Morgan fingerprint density at radius 3 is 2.72 bits per heavy atom. The van der Waals surface area contributed by atoms with Crippen LogP contribution >= 0.6 is 11.3 Å². The van der Waals surface area contributed by atoms with E-state index >= 15 is 0 Å². The molecule has 1 aliphatic carbocycles. The van der Waals surface area contributed by atoms with Gasteiger partial charge in [-0.15, -0.1) is 0 Å². The first-order valence-corrected chi connectivity index (χ1v) is 9.61. The molecule has 0 fully saturated rings. The molecule has 1 heterocycles. The number of thiazole rings is 1. The number of ether oxygens (including phenoxy) is 1. The highest BCUT2D eigenvalue weighted by Gasteiger charge is 2.36. The summed E-state index contributed by atoms with van der Waals surface area (Å²) in [4.78, 5) is 19.1. The molecule has 0 saturated heterocycles. The van der Waals surface area contributed by atoms with Gasteiger partial charge in [0.25, 0.3) is 11.1 Å². The normalized spacial score (nSPS) is 19.3. The Balaban J connectivity index is 1.70. The third-order valence-electron chi connectivity index (χ3n) is 5.00. The van der Waals surface area contributed by atoms with Gasteiger partial charge in [-0.05, 0) is 43.7 Å². The van der Waals surface area contributed by atoms with E-state index in [2.05, 4.69) is 31.8 Å². The highest BCUT2D eigenvalue weighted by Crippen LogP contribution is 2.42. The van der Waals surface area contributed by atoms with Crippen LogP contribution in [0.25, 0.3) is 10.2 Å². The summed E-state index contributed by atoms with van der Waals surface area (Å²) >= 11 is 1.47. The van der Waals surface area contributed by atoms with Gasteiger partial charge in [0, 0.05) is 11.7 Å². The van der Waals surface area contributed by atoms with Crippen molar-refractivity contribution in [2.24, 2.45) is 11.3 Å². The molecule has 1 aromatic carbocycles. The minimum Gasteiger partial charge on any atom is -0.460 e. The molecule has 1 atom stereocenters. The average molecular weight is 359 g/mol. The van der Waals surface area contributed by atoms with Crippen LogP contribution in [-0.2, 0) is 4.79 Å². The molecule has 0 saturated carbocycles. The summed E-state index contributed by atoms with van der Waals surface area (Å²) in [5, 5.41) is 0.548. The molecule has 1 amide bonds. The third kappa shape index (κ3) is 3.71. The van der Waals surface area contributed by atoms with Crippen LogP contribution in [0.3, 0.4) is 0 Å². The quantitative estimate of drug-likeness (QED) is 0.766. The Kier molecular flexibility index (Phi) is 4.87. The van der Waals surface area contributed by atoms with E-state index in [9.17, 15) is 4.79 Å². The number of para-hydroxylation sites is 1. The summed E-state index contributed by atoms with van der Waals surface area (Å²) in [6, 6.07) is 8.00. The number of hydrogen-bond donors (Lipinski definition) is 0. The van der Waals surface area contributed by atoms with Crippen molar-refractivity contribution in [1.82, 2.24) is 9.88 Å². The molecule has 2 aromatic rings. The van der Waals surface area contributed by atoms with Crippen LogP contribution in [0.2, 0.25) is 0 Å². The number of fused-ring (bicyclic) bond motifs is 1. The van der Waals surface area contributed by atoms with Crippen molar-refractivity contribution >= 4 is 27.5 Å². The van der Waals surface area contributed by atoms with Crippen molar-refractivity contribution in [2.45, 2.75) is 47.1 Å². The zero-order chi connectivity index (χ0) is 18.2. The van der Waals surface area contributed by atoms with Gasteiger partial charge in [-0.3, -0.25) is 4.79 Å². The fraction of sp³-hybridized carbons (Fsp3) is 0.500. The van der Waals surface area contributed by atoms with Gasteiger partial charge in [-0.25, -0.2) is 4.98 Å². The molecule has 0 aliphatic heterocycles. The number of nitrogens with zero attached hydrogens (tertiary/aromatic N) is 2. The Bertz CT molecular complexity index is 774. The molecule has 0 N–H and O–H groups in total. The van der Waals surface area contributed by atoms with Gasteiger partial charge in [0.2, 0.25) is 0 Å². The minimum absolute atomic E-state index is 0.00888. The number of amides is 1. The van der Waals surface area contributed by atoms with Crippen LogP contribution in [0.4, 0.5) is 0 Å². The summed E-state index contributed by atoms with van der Waals surface area (Å²) in [6.07, 6.45) is 3.15. The largest absolute Gasteiger partial charge is 0.460 e. The topological polar surface area (TPSA) is 42.4 Å². The number of carbonyl (C=O) groups excluding carboxylic acids is 1. The smallest absolute Gasteiger partial charge is 0.274 e. The monoisotopic (exact) mass is 358 g/mol. The fourth-order valence-corrected chi connectivity index (χ4v) is 4.07. The lowest BCUT2D eigenvalue weighted by Crippen LogP contribution is -2.39. The van der Waals surface area contributed by atoms with Gasteiger partial charge in [-0.2, -0.15) is 0 Å². The summed E-state index contributed by atoms with van der Waals surface area (Å²) < 4.78 is 6.78. The number of rotatable bonds is 5. The standard InChI is InChI=1S/C20H26N2O2S/c1-13(2)22(15-10-14(3)20(4,5)11-15)18(23)12-24-19-21-16-8-6-7-9-17(16)25-19/h6-10,13-14H,11-12H2,1-5H3. The molecular weight excluding hydrogens is 332 g/mol. The van der Waals surface area contributed by atoms with Crippen LogP contribution in [0.1, 0.15) is 41.0 Å². The predicted octanol–water partition coefficient (Wildman–Crippen LogP) is 4.86. The lowest BCUT2D eigenvalue weighted by Gasteiger charge is -2.30. The van der Waals surface area contributed by atoms with Crippen LogP contribution in [0, 0.1) is 11.3 Å². The van der Waals surface area contributed by atoms with Crippen molar-refractivity contribution in [3.05, 3.63) is 36.0 Å². The summed E-state index contributed by atoms with van der Waals surface area (Å²) in [6.45, 7) is 10.8. The first-order valence-electron chi connectivity index (χ1n) is 8.79. The molecule has 25 heavy (non-hydrogen) atoms. The van der Waals surface area contributed by atoms with Gasteiger partial charge in [-0.1, -0.05) is 50.3 Å². The zero-order valence-corrected chi connectivity index (χ0v) is 16.4. The van der Waals surface area contributed by atoms with E-state index in [-0.39, 0.29) is 24.0 Å². The summed E-state index contributed by atoms with van der Waals surface area (Å²) in [5.74, 6) is 0.451. The van der Waals surface area contributed by atoms with Gasteiger partial charge in [0.1, 0.15) is 0 Å². The van der Waals surface area contributed by atoms with E-state index in [1.54, 1.807) is 0 Å². The van der Waals surface area contributed by atoms with E-state index in [0.717, 1.165) is 22.3 Å². The second-order valence-electron chi connectivity index (χ2n) is 7.71. The first kappa shape index (κ1) is 17.9. The third-order valence-corrected chi connectivity index (χ3v) is 5.95.